The fourth-order valence-electron chi connectivity index (χ4n) is 3.76. The van der Waals surface area contributed by atoms with Crippen molar-refractivity contribution in [3.8, 4) is 0 Å². The molecular weight excluding hydrogens is 458 g/mol. The number of amides is 2. The molecule has 0 radical (unpaired) electrons. The lowest BCUT2D eigenvalue weighted by molar-refractivity contribution is -0.134. The molecule has 2 amide bonds. The topological polar surface area (TPSA) is 117 Å². The number of piperidine rings is 1. The van der Waals surface area contributed by atoms with Crippen molar-refractivity contribution >= 4 is 57.1 Å². The summed E-state index contributed by atoms with van der Waals surface area (Å²) in [6.45, 7) is 0. The SMILES string of the molecule is C.CNc1ccc(/C=C2\C(=O)CC(=O)NC2=O)cc1.COC(=O)c1ccc2[nH]c3ccccc3c2c1. The van der Waals surface area contributed by atoms with Crippen LogP contribution >= 0.6 is 0 Å². The molecule has 8 heteroatoms. The first-order valence-electron chi connectivity index (χ1n) is 10.9. The van der Waals surface area contributed by atoms with Gasteiger partial charge in [0.1, 0.15) is 0 Å². The van der Waals surface area contributed by atoms with Crippen LogP contribution in [-0.2, 0) is 19.1 Å². The van der Waals surface area contributed by atoms with Gasteiger partial charge in [0.15, 0.2) is 5.78 Å². The van der Waals surface area contributed by atoms with Crippen molar-refractivity contribution in [2.45, 2.75) is 13.8 Å². The quantitative estimate of drug-likeness (QED) is 0.130. The number of imide groups is 1. The minimum absolute atomic E-state index is 0. The Morgan fingerprint density at radius 3 is 2.31 bits per heavy atom. The summed E-state index contributed by atoms with van der Waals surface area (Å²) in [5, 5.41) is 7.26. The van der Waals surface area contributed by atoms with E-state index in [2.05, 4.69) is 15.6 Å². The fourth-order valence-corrected chi connectivity index (χ4v) is 3.76. The summed E-state index contributed by atoms with van der Waals surface area (Å²) >= 11 is 0. The molecule has 4 aromatic rings. The lowest BCUT2D eigenvalue weighted by Gasteiger charge is -2.12. The number of rotatable bonds is 3. The molecular formula is C28H27N3O5. The lowest BCUT2D eigenvalue weighted by atomic mass is 10.0. The standard InChI is InChI=1S/C14H11NO2.C13H12N2O3.CH4/c1-17-14(16)9-6-7-13-11(8-9)10-4-2-3-5-12(10)15-13;1-14-9-4-2-8(3-5-9)6-10-11(16)7-12(17)15-13(10)18;/h2-8,15H,1H3;2-6,14H,7H2,1H3,(H,15,17,18);1H4/b;10-6+;. The Labute approximate surface area is 208 Å². The maximum Gasteiger partial charge on any atom is 0.337 e. The van der Waals surface area contributed by atoms with Crippen molar-refractivity contribution in [3.63, 3.8) is 0 Å². The van der Waals surface area contributed by atoms with Crippen molar-refractivity contribution in [2.75, 3.05) is 19.5 Å². The van der Waals surface area contributed by atoms with Crippen molar-refractivity contribution in [2.24, 2.45) is 0 Å². The van der Waals surface area contributed by atoms with Crippen LogP contribution in [0, 0.1) is 0 Å². The fraction of sp³-hybridized carbons (Fsp3) is 0.143. The molecule has 1 aliphatic heterocycles. The maximum atomic E-state index is 11.6. The highest BCUT2D eigenvalue weighted by molar-refractivity contribution is 6.32. The number of H-pyrrole nitrogens is 1. The number of aromatic nitrogens is 1. The van der Waals surface area contributed by atoms with Crippen LogP contribution in [0.15, 0.2) is 72.3 Å². The largest absolute Gasteiger partial charge is 0.465 e. The first-order chi connectivity index (χ1) is 16.9. The van der Waals surface area contributed by atoms with Crippen molar-refractivity contribution < 1.29 is 23.9 Å². The van der Waals surface area contributed by atoms with Gasteiger partial charge in [0.05, 0.1) is 24.7 Å². The molecule has 1 saturated heterocycles. The number of hydrogen-bond donors (Lipinski definition) is 3. The van der Waals surface area contributed by atoms with Gasteiger partial charge in [-0.25, -0.2) is 4.79 Å². The van der Waals surface area contributed by atoms with Crippen LogP contribution in [0.2, 0.25) is 0 Å². The number of ketones is 1. The third-order valence-corrected chi connectivity index (χ3v) is 5.56. The molecule has 0 saturated carbocycles. The predicted molar refractivity (Wildman–Crippen MR) is 141 cm³/mol. The molecule has 0 spiro atoms. The van der Waals surface area contributed by atoms with Gasteiger partial charge < -0.3 is 15.0 Å². The number of para-hydroxylation sites is 1. The number of aromatic amines is 1. The molecule has 8 nitrogen and oxygen atoms in total. The Hall–Kier alpha value is -4.72. The van der Waals surface area contributed by atoms with E-state index in [4.69, 9.17) is 4.74 Å². The van der Waals surface area contributed by atoms with Crippen LogP contribution in [0.25, 0.3) is 27.9 Å². The van der Waals surface area contributed by atoms with Gasteiger partial charge >= 0.3 is 5.97 Å². The van der Waals surface area contributed by atoms with E-state index in [-0.39, 0.29) is 25.4 Å². The summed E-state index contributed by atoms with van der Waals surface area (Å²) in [6, 6.07) is 20.8. The zero-order valence-electron chi connectivity index (χ0n) is 19.2. The Morgan fingerprint density at radius 1 is 0.944 bits per heavy atom. The van der Waals surface area contributed by atoms with E-state index in [1.807, 2.05) is 48.5 Å². The van der Waals surface area contributed by atoms with Gasteiger partial charge in [0.2, 0.25) is 5.91 Å². The molecule has 0 aliphatic carbocycles. The number of benzene rings is 3. The van der Waals surface area contributed by atoms with E-state index in [1.165, 1.54) is 13.2 Å². The number of esters is 1. The zero-order valence-corrected chi connectivity index (χ0v) is 19.2. The Balaban J connectivity index is 0.000000195. The number of Topliss-reactive ketones (excluding diaryl/α,β-unsaturated/α-hetero) is 1. The first kappa shape index (κ1) is 25.9. The van der Waals surface area contributed by atoms with Gasteiger partial charge in [-0.3, -0.25) is 19.7 Å². The van der Waals surface area contributed by atoms with E-state index in [9.17, 15) is 19.2 Å². The molecule has 1 aliphatic rings. The molecule has 0 bridgehead atoms. The summed E-state index contributed by atoms with van der Waals surface area (Å²) in [5.74, 6) is -1.93. The second kappa shape index (κ2) is 11.1. The van der Waals surface area contributed by atoms with Gasteiger partial charge in [0.25, 0.3) is 5.91 Å². The van der Waals surface area contributed by atoms with Crippen LogP contribution in [-0.4, -0.2) is 42.7 Å². The van der Waals surface area contributed by atoms with Gasteiger partial charge in [-0.1, -0.05) is 37.8 Å². The van der Waals surface area contributed by atoms with Crippen molar-refractivity contribution in [1.29, 1.82) is 0 Å². The van der Waals surface area contributed by atoms with Crippen LogP contribution in [0.4, 0.5) is 5.69 Å². The minimum atomic E-state index is -0.631. The number of methoxy groups -OCH3 is 1. The molecule has 1 aromatic heterocycles. The van der Waals surface area contributed by atoms with Gasteiger partial charge in [-0.05, 0) is 48.0 Å². The molecule has 184 valence electrons. The number of carbonyl (C=O) groups excluding carboxylic acids is 4. The molecule has 5 rings (SSSR count). The van der Waals surface area contributed by atoms with E-state index in [1.54, 1.807) is 25.2 Å². The van der Waals surface area contributed by atoms with E-state index < -0.39 is 17.6 Å². The molecule has 0 unspecified atom stereocenters. The van der Waals surface area contributed by atoms with Crippen molar-refractivity contribution in [3.05, 3.63) is 83.4 Å². The lowest BCUT2D eigenvalue weighted by Crippen LogP contribution is -2.40. The smallest absolute Gasteiger partial charge is 0.337 e. The summed E-state index contributed by atoms with van der Waals surface area (Å²) in [5.41, 5.74) is 4.37. The molecule has 1 fully saturated rings. The first-order valence-corrected chi connectivity index (χ1v) is 10.9. The Morgan fingerprint density at radius 2 is 1.64 bits per heavy atom. The Bertz CT molecular complexity index is 1460. The Kier molecular flexibility index (Phi) is 8.01. The summed E-state index contributed by atoms with van der Waals surface area (Å²) in [4.78, 5) is 48.9. The number of fused-ring (bicyclic) bond motifs is 3. The van der Waals surface area contributed by atoms with Crippen LogP contribution < -0.4 is 10.6 Å². The zero-order chi connectivity index (χ0) is 24.9. The van der Waals surface area contributed by atoms with Crippen LogP contribution in [0.5, 0.6) is 0 Å². The summed E-state index contributed by atoms with van der Waals surface area (Å²) in [7, 11) is 3.19. The van der Waals surface area contributed by atoms with Crippen LogP contribution in [0.1, 0.15) is 29.8 Å². The second-order valence-electron chi connectivity index (χ2n) is 7.83. The van der Waals surface area contributed by atoms with Crippen LogP contribution in [0.3, 0.4) is 0 Å². The third-order valence-electron chi connectivity index (χ3n) is 5.56. The van der Waals surface area contributed by atoms with E-state index in [0.29, 0.717) is 5.56 Å². The van der Waals surface area contributed by atoms with Gasteiger partial charge in [-0.2, -0.15) is 0 Å². The molecule has 3 aromatic carbocycles. The molecule has 0 atom stereocenters. The summed E-state index contributed by atoms with van der Waals surface area (Å²) < 4.78 is 4.72. The number of hydrogen-bond acceptors (Lipinski definition) is 6. The number of ether oxygens (including phenoxy) is 1. The minimum Gasteiger partial charge on any atom is -0.465 e. The molecule has 2 heterocycles. The predicted octanol–water partition coefficient (Wildman–Crippen LogP) is 4.47. The van der Waals surface area contributed by atoms with Gasteiger partial charge in [0, 0.05) is 34.5 Å². The third kappa shape index (κ3) is 5.50. The van der Waals surface area contributed by atoms with Gasteiger partial charge in [-0.15, -0.1) is 0 Å². The van der Waals surface area contributed by atoms with E-state index >= 15 is 0 Å². The number of nitrogens with one attached hydrogen (secondary N) is 3. The molecule has 3 N–H and O–H groups in total. The van der Waals surface area contributed by atoms with E-state index in [0.717, 1.165) is 33.1 Å². The highest BCUT2D eigenvalue weighted by Crippen LogP contribution is 2.26. The average molecular weight is 486 g/mol. The number of carbonyl (C=O) groups is 4. The number of anilines is 1. The average Bonchev–Trinajstić information content (AvgIpc) is 3.24. The highest BCUT2D eigenvalue weighted by Gasteiger charge is 2.28. The second-order valence-corrected chi connectivity index (χ2v) is 7.83. The normalized spacial score (nSPS) is 14.1. The van der Waals surface area contributed by atoms with Crippen molar-refractivity contribution in [1.82, 2.24) is 10.3 Å². The monoisotopic (exact) mass is 485 g/mol. The highest BCUT2D eigenvalue weighted by atomic mass is 16.5. The molecule has 36 heavy (non-hydrogen) atoms. The maximum absolute atomic E-state index is 11.6. The summed E-state index contributed by atoms with van der Waals surface area (Å²) in [6.07, 6.45) is 1.22.